The number of esters is 1. The number of hydrogen-bond donors (Lipinski definition) is 0. The number of fused-ring (bicyclic) bond motifs is 1. The second-order valence-electron chi connectivity index (χ2n) is 2.17. The summed E-state index contributed by atoms with van der Waals surface area (Å²) < 4.78 is 9.81. The standard InChI is InChI=1S/C7H6O3/c8-7-5-2-1-3-9-6(5)4-10-7/h1-3,6H,4H2. The molecule has 0 radical (unpaired) electrons. The molecule has 0 aromatic heterocycles. The molecule has 2 rings (SSSR count). The van der Waals surface area contributed by atoms with Crippen molar-refractivity contribution in [1.82, 2.24) is 0 Å². The molecule has 0 aromatic rings. The van der Waals surface area contributed by atoms with Gasteiger partial charge >= 0.3 is 5.97 Å². The highest BCUT2D eigenvalue weighted by molar-refractivity contribution is 5.92. The van der Waals surface area contributed by atoms with Crippen molar-refractivity contribution in [3.63, 3.8) is 0 Å². The molecule has 52 valence electrons. The lowest BCUT2D eigenvalue weighted by atomic mass is 10.1. The summed E-state index contributed by atoms with van der Waals surface area (Å²) in [6, 6.07) is 0. The number of rotatable bonds is 0. The molecule has 0 aromatic carbocycles. The number of hydrogen-bond acceptors (Lipinski definition) is 3. The van der Waals surface area contributed by atoms with Gasteiger partial charge in [-0.15, -0.1) is 0 Å². The van der Waals surface area contributed by atoms with Gasteiger partial charge in [-0.3, -0.25) is 0 Å². The van der Waals surface area contributed by atoms with Crippen LogP contribution in [-0.4, -0.2) is 18.7 Å². The van der Waals surface area contributed by atoms with Gasteiger partial charge in [-0.2, -0.15) is 0 Å². The Bertz CT molecular complexity index is 227. The van der Waals surface area contributed by atoms with E-state index in [9.17, 15) is 4.79 Å². The molecule has 1 unspecified atom stereocenters. The third kappa shape index (κ3) is 0.635. The van der Waals surface area contributed by atoms with E-state index in [0.29, 0.717) is 12.2 Å². The molecule has 1 fully saturated rings. The number of carbonyl (C=O) groups is 1. The van der Waals surface area contributed by atoms with Crippen molar-refractivity contribution in [2.75, 3.05) is 6.61 Å². The van der Waals surface area contributed by atoms with Crippen LogP contribution in [0, 0.1) is 0 Å². The zero-order valence-corrected chi connectivity index (χ0v) is 5.24. The van der Waals surface area contributed by atoms with Crippen LogP contribution in [0.3, 0.4) is 0 Å². The van der Waals surface area contributed by atoms with Crippen LogP contribution < -0.4 is 0 Å². The third-order valence-corrected chi connectivity index (χ3v) is 1.55. The van der Waals surface area contributed by atoms with E-state index in [0.717, 1.165) is 0 Å². The van der Waals surface area contributed by atoms with Gasteiger partial charge in [0.2, 0.25) is 0 Å². The van der Waals surface area contributed by atoms with Crippen LogP contribution in [0.5, 0.6) is 0 Å². The molecule has 0 saturated carbocycles. The van der Waals surface area contributed by atoms with Crippen LogP contribution in [0.4, 0.5) is 0 Å². The SMILES string of the molecule is O=C1OCC2OC=CC=C12. The van der Waals surface area contributed by atoms with Crippen molar-refractivity contribution in [3.8, 4) is 0 Å². The predicted octanol–water partition coefficient (Wildman–Crippen LogP) is 0.382. The van der Waals surface area contributed by atoms with Crippen molar-refractivity contribution in [1.29, 1.82) is 0 Å². The first-order valence-corrected chi connectivity index (χ1v) is 3.07. The van der Waals surface area contributed by atoms with Crippen LogP contribution in [0.1, 0.15) is 0 Å². The van der Waals surface area contributed by atoms with E-state index in [2.05, 4.69) is 0 Å². The fourth-order valence-electron chi connectivity index (χ4n) is 1.03. The zero-order valence-electron chi connectivity index (χ0n) is 5.24. The molecule has 0 bridgehead atoms. The summed E-state index contributed by atoms with van der Waals surface area (Å²) in [6.45, 7) is 0.356. The van der Waals surface area contributed by atoms with E-state index in [1.165, 1.54) is 0 Å². The first-order chi connectivity index (χ1) is 4.88. The minimum atomic E-state index is -0.255. The fourth-order valence-corrected chi connectivity index (χ4v) is 1.03. The van der Waals surface area contributed by atoms with Gasteiger partial charge in [0.25, 0.3) is 0 Å². The minimum absolute atomic E-state index is 0.155. The third-order valence-electron chi connectivity index (χ3n) is 1.55. The molecule has 2 aliphatic rings. The van der Waals surface area contributed by atoms with E-state index in [4.69, 9.17) is 9.47 Å². The lowest BCUT2D eigenvalue weighted by Gasteiger charge is -2.09. The predicted molar refractivity (Wildman–Crippen MR) is 33.1 cm³/mol. The molecule has 0 aliphatic carbocycles. The molecule has 0 amide bonds. The second kappa shape index (κ2) is 1.87. The first-order valence-electron chi connectivity index (χ1n) is 3.07. The molecule has 3 heteroatoms. The van der Waals surface area contributed by atoms with Crippen LogP contribution in [0.25, 0.3) is 0 Å². The van der Waals surface area contributed by atoms with Gasteiger partial charge < -0.3 is 9.47 Å². The molecule has 10 heavy (non-hydrogen) atoms. The second-order valence-corrected chi connectivity index (χ2v) is 2.17. The van der Waals surface area contributed by atoms with Crippen molar-refractivity contribution < 1.29 is 14.3 Å². The zero-order chi connectivity index (χ0) is 6.97. The minimum Gasteiger partial charge on any atom is -0.489 e. The average Bonchev–Trinajstić information content (AvgIpc) is 2.34. The lowest BCUT2D eigenvalue weighted by Crippen LogP contribution is -2.14. The Kier molecular flexibility index (Phi) is 1.03. The summed E-state index contributed by atoms with van der Waals surface area (Å²) in [5.41, 5.74) is 0.627. The highest BCUT2D eigenvalue weighted by Crippen LogP contribution is 2.20. The Labute approximate surface area is 57.9 Å². The maximum absolute atomic E-state index is 10.8. The van der Waals surface area contributed by atoms with Crippen molar-refractivity contribution in [2.24, 2.45) is 0 Å². The monoisotopic (exact) mass is 138 g/mol. The number of ether oxygens (including phenoxy) is 2. The van der Waals surface area contributed by atoms with Crippen molar-refractivity contribution in [2.45, 2.75) is 6.10 Å². The summed E-state index contributed by atoms with van der Waals surface area (Å²) in [4.78, 5) is 10.8. The van der Waals surface area contributed by atoms with Crippen molar-refractivity contribution in [3.05, 3.63) is 24.0 Å². The maximum atomic E-state index is 10.8. The highest BCUT2D eigenvalue weighted by Gasteiger charge is 2.31. The summed E-state index contributed by atoms with van der Waals surface area (Å²) in [5.74, 6) is -0.255. The molecule has 2 aliphatic heterocycles. The lowest BCUT2D eigenvalue weighted by molar-refractivity contribution is -0.135. The van der Waals surface area contributed by atoms with Gasteiger partial charge in [0.1, 0.15) is 6.61 Å². The maximum Gasteiger partial charge on any atom is 0.338 e. The number of cyclic esters (lactones) is 1. The van der Waals surface area contributed by atoms with Crippen LogP contribution in [-0.2, 0) is 14.3 Å². The largest absolute Gasteiger partial charge is 0.489 e. The topological polar surface area (TPSA) is 35.5 Å². The molecule has 1 atom stereocenters. The summed E-state index contributed by atoms with van der Waals surface area (Å²) in [7, 11) is 0. The van der Waals surface area contributed by atoms with E-state index in [1.807, 2.05) is 0 Å². The first kappa shape index (κ1) is 5.53. The molecular formula is C7H6O3. The quantitative estimate of drug-likeness (QED) is 0.454. The van der Waals surface area contributed by atoms with Gasteiger partial charge in [-0.1, -0.05) is 0 Å². The van der Waals surface area contributed by atoms with E-state index < -0.39 is 0 Å². The molecule has 3 nitrogen and oxygen atoms in total. The Morgan fingerprint density at radius 3 is 3.30 bits per heavy atom. The van der Waals surface area contributed by atoms with Crippen molar-refractivity contribution >= 4 is 5.97 Å². The fraction of sp³-hybridized carbons (Fsp3) is 0.286. The van der Waals surface area contributed by atoms with Gasteiger partial charge in [0.15, 0.2) is 6.10 Å². The van der Waals surface area contributed by atoms with Gasteiger partial charge in [-0.25, -0.2) is 4.79 Å². The Morgan fingerprint density at radius 2 is 2.50 bits per heavy atom. The van der Waals surface area contributed by atoms with E-state index in [-0.39, 0.29) is 12.1 Å². The molecular weight excluding hydrogens is 132 g/mol. The Hall–Kier alpha value is -1.25. The van der Waals surface area contributed by atoms with E-state index >= 15 is 0 Å². The average molecular weight is 138 g/mol. The molecule has 0 spiro atoms. The Balaban J connectivity index is 2.33. The highest BCUT2D eigenvalue weighted by atomic mass is 16.6. The van der Waals surface area contributed by atoms with Crippen LogP contribution in [0.2, 0.25) is 0 Å². The van der Waals surface area contributed by atoms with E-state index in [1.54, 1.807) is 18.4 Å². The molecule has 2 heterocycles. The normalized spacial score (nSPS) is 28.6. The molecule has 0 N–H and O–H groups in total. The summed E-state index contributed by atoms with van der Waals surface area (Å²) >= 11 is 0. The van der Waals surface area contributed by atoms with Gasteiger partial charge in [0.05, 0.1) is 11.8 Å². The summed E-state index contributed by atoms with van der Waals surface area (Å²) in [6.07, 6.45) is 4.83. The van der Waals surface area contributed by atoms with Gasteiger partial charge in [-0.05, 0) is 12.2 Å². The van der Waals surface area contributed by atoms with Gasteiger partial charge in [0, 0.05) is 0 Å². The van der Waals surface area contributed by atoms with Crippen LogP contribution in [0.15, 0.2) is 24.0 Å². The molecule has 1 saturated heterocycles. The number of carbonyl (C=O) groups excluding carboxylic acids is 1. The number of allylic oxidation sites excluding steroid dienone is 2. The Morgan fingerprint density at radius 1 is 1.60 bits per heavy atom. The smallest absolute Gasteiger partial charge is 0.338 e. The van der Waals surface area contributed by atoms with Crippen LogP contribution >= 0.6 is 0 Å². The summed E-state index contributed by atoms with van der Waals surface area (Å²) in [5, 5.41) is 0.